The normalized spacial score (nSPS) is 12.6. The third kappa shape index (κ3) is 4.30. The SMILES string of the molecule is CCNC(Cc1nc(C)cs1)Cc1ccccc1Cl. The topological polar surface area (TPSA) is 24.9 Å². The van der Waals surface area contributed by atoms with Crippen LogP contribution >= 0.6 is 22.9 Å². The zero-order chi connectivity index (χ0) is 13.7. The predicted molar refractivity (Wildman–Crippen MR) is 83.2 cm³/mol. The van der Waals surface area contributed by atoms with Gasteiger partial charge in [0.1, 0.15) is 0 Å². The molecule has 2 rings (SSSR count). The molecule has 1 aromatic carbocycles. The number of likely N-dealkylation sites (N-methyl/N-ethyl adjacent to an activating group) is 1. The molecule has 1 atom stereocenters. The monoisotopic (exact) mass is 294 g/mol. The average molecular weight is 295 g/mol. The van der Waals surface area contributed by atoms with Crippen molar-refractivity contribution in [1.82, 2.24) is 10.3 Å². The average Bonchev–Trinajstić information content (AvgIpc) is 2.78. The van der Waals surface area contributed by atoms with Gasteiger partial charge in [0.2, 0.25) is 0 Å². The van der Waals surface area contributed by atoms with Gasteiger partial charge in [-0.15, -0.1) is 11.3 Å². The second kappa shape index (κ2) is 7.04. The second-order valence-corrected chi connectivity index (χ2v) is 5.99. The summed E-state index contributed by atoms with van der Waals surface area (Å²) in [6, 6.07) is 8.44. The third-order valence-corrected chi connectivity index (χ3v) is 4.36. The van der Waals surface area contributed by atoms with Crippen molar-refractivity contribution in [3.05, 3.63) is 50.9 Å². The van der Waals surface area contributed by atoms with Gasteiger partial charge in [-0.1, -0.05) is 36.7 Å². The number of hydrogen-bond acceptors (Lipinski definition) is 3. The fourth-order valence-electron chi connectivity index (χ4n) is 2.14. The van der Waals surface area contributed by atoms with Crippen LogP contribution in [0.5, 0.6) is 0 Å². The Labute approximate surface area is 123 Å². The van der Waals surface area contributed by atoms with Crippen molar-refractivity contribution in [3.8, 4) is 0 Å². The Bertz CT molecular complexity index is 524. The van der Waals surface area contributed by atoms with Gasteiger partial charge in [0.25, 0.3) is 0 Å². The van der Waals surface area contributed by atoms with Crippen LogP contribution in [0.4, 0.5) is 0 Å². The highest BCUT2D eigenvalue weighted by atomic mass is 35.5. The molecule has 4 heteroatoms. The molecule has 1 aromatic heterocycles. The smallest absolute Gasteiger partial charge is 0.0943 e. The molecule has 0 radical (unpaired) electrons. The lowest BCUT2D eigenvalue weighted by Gasteiger charge is -2.17. The molecule has 1 unspecified atom stereocenters. The highest BCUT2D eigenvalue weighted by Gasteiger charge is 2.13. The van der Waals surface area contributed by atoms with Crippen molar-refractivity contribution >= 4 is 22.9 Å². The zero-order valence-corrected chi connectivity index (χ0v) is 12.9. The van der Waals surface area contributed by atoms with E-state index in [1.54, 1.807) is 11.3 Å². The first-order valence-corrected chi connectivity index (χ1v) is 7.82. The highest BCUT2D eigenvalue weighted by molar-refractivity contribution is 7.09. The van der Waals surface area contributed by atoms with E-state index in [0.717, 1.165) is 30.1 Å². The third-order valence-electron chi connectivity index (χ3n) is 3.00. The number of nitrogens with zero attached hydrogens (tertiary/aromatic N) is 1. The summed E-state index contributed by atoms with van der Waals surface area (Å²) in [5.74, 6) is 0. The predicted octanol–water partition coefficient (Wildman–Crippen LogP) is 3.87. The lowest BCUT2D eigenvalue weighted by Crippen LogP contribution is -2.33. The summed E-state index contributed by atoms with van der Waals surface area (Å²) < 4.78 is 0. The molecule has 19 heavy (non-hydrogen) atoms. The lowest BCUT2D eigenvalue weighted by molar-refractivity contribution is 0.520. The van der Waals surface area contributed by atoms with Crippen molar-refractivity contribution in [2.24, 2.45) is 0 Å². The van der Waals surface area contributed by atoms with E-state index in [1.165, 1.54) is 10.6 Å². The van der Waals surface area contributed by atoms with E-state index in [0.29, 0.717) is 6.04 Å². The standard InChI is InChI=1S/C15H19ClN2S/c1-3-17-13(9-15-18-11(2)10-19-15)8-12-6-4-5-7-14(12)16/h4-7,10,13,17H,3,8-9H2,1-2H3. The van der Waals surface area contributed by atoms with Gasteiger partial charge in [-0.05, 0) is 31.5 Å². The summed E-state index contributed by atoms with van der Waals surface area (Å²) in [6.45, 7) is 5.13. The maximum absolute atomic E-state index is 6.23. The number of nitrogens with one attached hydrogen (secondary N) is 1. The molecular formula is C15H19ClN2S. The molecule has 0 saturated carbocycles. The van der Waals surface area contributed by atoms with Gasteiger partial charge >= 0.3 is 0 Å². The van der Waals surface area contributed by atoms with Crippen LogP contribution in [0.1, 0.15) is 23.2 Å². The number of aromatic nitrogens is 1. The number of rotatable bonds is 6. The van der Waals surface area contributed by atoms with Gasteiger partial charge in [0.15, 0.2) is 0 Å². The number of aryl methyl sites for hydroxylation is 1. The fourth-order valence-corrected chi connectivity index (χ4v) is 3.21. The quantitative estimate of drug-likeness (QED) is 0.875. The molecule has 2 aromatic rings. The number of halogens is 1. The summed E-state index contributed by atoms with van der Waals surface area (Å²) in [5, 5.41) is 7.67. The van der Waals surface area contributed by atoms with Crippen LogP contribution in [0.3, 0.4) is 0 Å². The number of benzene rings is 1. The van der Waals surface area contributed by atoms with E-state index < -0.39 is 0 Å². The van der Waals surface area contributed by atoms with E-state index >= 15 is 0 Å². The van der Waals surface area contributed by atoms with Gasteiger partial charge < -0.3 is 5.32 Å². The van der Waals surface area contributed by atoms with Crippen LogP contribution < -0.4 is 5.32 Å². The Morgan fingerprint density at radius 1 is 1.32 bits per heavy atom. The summed E-state index contributed by atoms with van der Waals surface area (Å²) >= 11 is 7.97. The van der Waals surface area contributed by atoms with E-state index in [2.05, 4.69) is 28.7 Å². The van der Waals surface area contributed by atoms with Crippen molar-refractivity contribution in [3.63, 3.8) is 0 Å². The second-order valence-electron chi connectivity index (χ2n) is 4.64. The van der Waals surface area contributed by atoms with Gasteiger partial charge in [0, 0.05) is 28.6 Å². The van der Waals surface area contributed by atoms with E-state index in [9.17, 15) is 0 Å². The summed E-state index contributed by atoms with van der Waals surface area (Å²) in [4.78, 5) is 4.54. The first-order valence-electron chi connectivity index (χ1n) is 6.56. The Morgan fingerprint density at radius 3 is 2.74 bits per heavy atom. The van der Waals surface area contributed by atoms with Crippen LogP contribution in [-0.2, 0) is 12.8 Å². The summed E-state index contributed by atoms with van der Waals surface area (Å²) in [5.41, 5.74) is 2.30. The van der Waals surface area contributed by atoms with Crippen LogP contribution in [0.15, 0.2) is 29.6 Å². The molecule has 0 spiro atoms. The Balaban J connectivity index is 2.06. The molecule has 1 N–H and O–H groups in total. The molecular weight excluding hydrogens is 276 g/mol. The van der Waals surface area contributed by atoms with E-state index in [4.69, 9.17) is 11.6 Å². The molecule has 102 valence electrons. The molecule has 0 fully saturated rings. The first-order chi connectivity index (χ1) is 9.19. The first kappa shape index (κ1) is 14.5. The minimum Gasteiger partial charge on any atom is -0.314 e. The highest BCUT2D eigenvalue weighted by Crippen LogP contribution is 2.19. The van der Waals surface area contributed by atoms with E-state index in [1.807, 2.05) is 25.1 Å². The van der Waals surface area contributed by atoms with Gasteiger partial charge in [-0.2, -0.15) is 0 Å². The molecule has 0 saturated heterocycles. The largest absolute Gasteiger partial charge is 0.314 e. The molecule has 0 amide bonds. The van der Waals surface area contributed by atoms with E-state index in [-0.39, 0.29) is 0 Å². The minimum atomic E-state index is 0.385. The summed E-state index contributed by atoms with van der Waals surface area (Å²) in [7, 11) is 0. The van der Waals surface area contributed by atoms with Crippen LogP contribution in [0.25, 0.3) is 0 Å². The molecule has 0 aliphatic carbocycles. The van der Waals surface area contributed by atoms with Crippen LogP contribution in [0, 0.1) is 6.92 Å². The maximum Gasteiger partial charge on any atom is 0.0943 e. The Kier molecular flexibility index (Phi) is 5.37. The van der Waals surface area contributed by atoms with Crippen LogP contribution in [-0.4, -0.2) is 17.6 Å². The maximum atomic E-state index is 6.23. The lowest BCUT2D eigenvalue weighted by atomic mass is 10.0. The Hall–Kier alpha value is -0.900. The van der Waals surface area contributed by atoms with Crippen molar-refractivity contribution in [2.45, 2.75) is 32.7 Å². The minimum absolute atomic E-state index is 0.385. The number of hydrogen-bond donors (Lipinski definition) is 1. The van der Waals surface area contributed by atoms with Crippen molar-refractivity contribution in [2.75, 3.05) is 6.54 Å². The zero-order valence-electron chi connectivity index (χ0n) is 11.3. The van der Waals surface area contributed by atoms with Gasteiger partial charge in [0.05, 0.1) is 5.01 Å². The Morgan fingerprint density at radius 2 is 2.11 bits per heavy atom. The molecule has 0 bridgehead atoms. The molecule has 2 nitrogen and oxygen atoms in total. The fraction of sp³-hybridized carbons (Fsp3) is 0.400. The molecule has 0 aliphatic heterocycles. The molecule has 0 aliphatic rings. The van der Waals surface area contributed by atoms with Crippen LogP contribution in [0.2, 0.25) is 5.02 Å². The van der Waals surface area contributed by atoms with Crippen molar-refractivity contribution in [1.29, 1.82) is 0 Å². The number of thiazole rings is 1. The van der Waals surface area contributed by atoms with Crippen molar-refractivity contribution < 1.29 is 0 Å². The molecule has 1 heterocycles. The summed E-state index contributed by atoms with van der Waals surface area (Å²) in [6.07, 6.45) is 1.89. The van der Waals surface area contributed by atoms with Gasteiger partial charge in [-0.3, -0.25) is 0 Å². The van der Waals surface area contributed by atoms with Gasteiger partial charge in [-0.25, -0.2) is 4.98 Å².